The van der Waals surface area contributed by atoms with Crippen molar-refractivity contribution in [2.45, 2.75) is 11.8 Å². The van der Waals surface area contributed by atoms with Crippen LogP contribution in [0.25, 0.3) is 0 Å². The standard InChI is InChI=1S/C14H14ClNO2S/c1-2-16(14-11-7-6-10-13(14)15)19(17,18)12-8-4-3-5-9-12/h3-11H,2H2,1H3. The van der Waals surface area contributed by atoms with Crippen LogP contribution < -0.4 is 4.31 Å². The molecule has 0 saturated carbocycles. The molecule has 0 heterocycles. The Morgan fingerprint density at radius 3 is 2.16 bits per heavy atom. The summed E-state index contributed by atoms with van der Waals surface area (Å²) in [6, 6.07) is 15.3. The molecule has 100 valence electrons. The number of nitrogens with zero attached hydrogens (tertiary/aromatic N) is 1. The van der Waals surface area contributed by atoms with Gasteiger partial charge in [-0.05, 0) is 31.2 Å². The van der Waals surface area contributed by atoms with Gasteiger partial charge >= 0.3 is 0 Å². The van der Waals surface area contributed by atoms with E-state index >= 15 is 0 Å². The van der Waals surface area contributed by atoms with Gasteiger partial charge in [-0.15, -0.1) is 0 Å². The summed E-state index contributed by atoms with van der Waals surface area (Å²) >= 11 is 6.09. The third kappa shape index (κ3) is 2.74. The van der Waals surface area contributed by atoms with Crippen molar-refractivity contribution in [3.63, 3.8) is 0 Å². The van der Waals surface area contributed by atoms with E-state index in [1.165, 1.54) is 4.31 Å². The molecule has 0 aliphatic carbocycles. The van der Waals surface area contributed by atoms with Gasteiger partial charge in [-0.25, -0.2) is 8.42 Å². The van der Waals surface area contributed by atoms with Crippen molar-refractivity contribution in [1.82, 2.24) is 0 Å². The number of benzene rings is 2. The van der Waals surface area contributed by atoms with E-state index in [9.17, 15) is 8.42 Å². The summed E-state index contributed by atoms with van der Waals surface area (Å²) in [5.74, 6) is 0. The third-order valence-corrected chi connectivity index (χ3v) is 4.96. The zero-order valence-electron chi connectivity index (χ0n) is 10.5. The SMILES string of the molecule is CCN(c1ccccc1Cl)S(=O)(=O)c1ccccc1. The number of para-hydroxylation sites is 1. The molecular formula is C14H14ClNO2S. The van der Waals surface area contributed by atoms with Crippen molar-refractivity contribution in [1.29, 1.82) is 0 Å². The first-order valence-corrected chi connectivity index (χ1v) is 7.71. The van der Waals surface area contributed by atoms with Gasteiger partial charge in [0.2, 0.25) is 0 Å². The topological polar surface area (TPSA) is 37.4 Å². The van der Waals surface area contributed by atoms with Gasteiger partial charge in [0.25, 0.3) is 10.0 Å². The van der Waals surface area contributed by atoms with Crippen LogP contribution in [0.15, 0.2) is 59.5 Å². The van der Waals surface area contributed by atoms with Gasteiger partial charge in [0.1, 0.15) is 0 Å². The summed E-state index contributed by atoms with van der Waals surface area (Å²) in [6.07, 6.45) is 0. The quantitative estimate of drug-likeness (QED) is 0.865. The van der Waals surface area contributed by atoms with E-state index in [0.29, 0.717) is 17.3 Å². The number of rotatable bonds is 4. The molecule has 0 bridgehead atoms. The first-order chi connectivity index (χ1) is 9.07. The molecule has 2 rings (SSSR count). The molecule has 0 unspecified atom stereocenters. The van der Waals surface area contributed by atoms with E-state index in [1.807, 2.05) is 0 Å². The highest BCUT2D eigenvalue weighted by Gasteiger charge is 2.24. The number of sulfonamides is 1. The molecule has 0 fully saturated rings. The van der Waals surface area contributed by atoms with Gasteiger partial charge in [0.15, 0.2) is 0 Å². The highest BCUT2D eigenvalue weighted by atomic mass is 35.5. The molecule has 0 N–H and O–H groups in total. The van der Waals surface area contributed by atoms with Crippen molar-refractivity contribution in [2.24, 2.45) is 0 Å². The average molecular weight is 296 g/mol. The van der Waals surface area contributed by atoms with E-state index < -0.39 is 10.0 Å². The van der Waals surface area contributed by atoms with E-state index in [-0.39, 0.29) is 4.90 Å². The Bertz CT molecular complexity index is 656. The lowest BCUT2D eigenvalue weighted by molar-refractivity contribution is 0.592. The Hall–Kier alpha value is -1.52. The third-order valence-electron chi connectivity index (χ3n) is 2.74. The second-order valence-corrected chi connectivity index (χ2v) is 6.20. The molecule has 2 aromatic carbocycles. The second kappa shape index (κ2) is 5.63. The minimum absolute atomic E-state index is 0.261. The smallest absolute Gasteiger partial charge is 0.264 e. The molecule has 3 nitrogen and oxygen atoms in total. The highest BCUT2D eigenvalue weighted by molar-refractivity contribution is 7.92. The summed E-state index contributed by atoms with van der Waals surface area (Å²) in [5.41, 5.74) is 0.496. The first kappa shape index (κ1) is 13.9. The monoisotopic (exact) mass is 295 g/mol. The molecule has 0 radical (unpaired) electrons. The van der Waals surface area contributed by atoms with Crippen LogP contribution in [0.5, 0.6) is 0 Å². The normalized spacial score (nSPS) is 11.3. The molecule has 5 heteroatoms. The maximum absolute atomic E-state index is 12.6. The minimum atomic E-state index is -3.58. The molecule has 0 atom stereocenters. The van der Waals surface area contributed by atoms with Crippen LogP contribution in [0.3, 0.4) is 0 Å². The Labute approximate surface area is 118 Å². The number of halogens is 1. The molecular weight excluding hydrogens is 282 g/mol. The lowest BCUT2D eigenvalue weighted by atomic mass is 10.3. The predicted octanol–water partition coefficient (Wildman–Crippen LogP) is 3.56. The van der Waals surface area contributed by atoms with E-state index in [2.05, 4.69) is 0 Å². The van der Waals surface area contributed by atoms with Crippen molar-refractivity contribution in [3.05, 3.63) is 59.6 Å². The van der Waals surface area contributed by atoms with Crippen LogP contribution in [0.2, 0.25) is 5.02 Å². The number of hydrogen-bond donors (Lipinski definition) is 0. The van der Waals surface area contributed by atoms with Crippen LogP contribution in [-0.2, 0) is 10.0 Å². The summed E-state index contributed by atoms with van der Waals surface area (Å²) < 4.78 is 26.5. The van der Waals surface area contributed by atoms with Crippen molar-refractivity contribution >= 4 is 27.3 Å². The van der Waals surface area contributed by atoms with Gasteiger partial charge in [-0.3, -0.25) is 4.31 Å². The Balaban J connectivity index is 2.52. The zero-order valence-corrected chi connectivity index (χ0v) is 12.0. The lowest BCUT2D eigenvalue weighted by Crippen LogP contribution is -2.30. The summed E-state index contributed by atoms with van der Waals surface area (Å²) in [5, 5.41) is 0.420. The Kier molecular flexibility index (Phi) is 4.12. The fourth-order valence-electron chi connectivity index (χ4n) is 1.84. The second-order valence-electron chi connectivity index (χ2n) is 3.93. The van der Waals surface area contributed by atoms with Gasteiger partial charge in [-0.2, -0.15) is 0 Å². The molecule has 0 saturated heterocycles. The maximum Gasteiger partial charge on any atom is 0.264 e. The van der Waals surface area contributed by atoms with E-state index in [1.54, 1.807) is 61.5 Å². The highest BCUT2D eigenvalue weighted by Crippen LogP contribution is 2.29. The minimum Gasteiger partial charge on any atom is -0.265 e. The fraction of sp³-hybridized carbons (Fsp3) is 0.143. The predicted molar refractivity (Wildman–Crippen MR) is 78.1 cm³/mol. The van der Waals surface area contributed by atoms with Crippen LogP contribution in [0.4, 0.5) is 5.69 Å². The van der Waals surface area contributed by atoms with Gasteiger partial charge < -0.3 is 0 Å². The Morgan fingerprint density at radius 2 is 1.58 bits per heavy atom. The number of hydrogen-bond acceptors (Lipinski definition) is 2. The molecule has 0 aliphatic heterocycles. The molecule has 0 aromatic heterocycles. The van der Waals surface area contributed by atoms with Gasteiger partial charge in [0, 0.05) is 6.54 Å². The zero-order chi connectivity index (χ0) is 13.9. The first-order valence-electron chi connectivity index (χ1n) is 5.89. The molecule has 19 heavy (non-hydrogen) atoms. The Morgan fingerprint density at radius 1 is 1.00 bits per heavy atom. The van der Waals surface area contributed by atoms with E-state index in [0.717, 1.165) is 0 Å². The molecule has 0 amide bonds. The maximum atomic E-state index is 12.6. The molecule has 2 aromatic rings. The lowest BCUT2D eigenvalue weighted by Gasteiger charge is -2.23. The average Bonchev–Trinajstić information content (AvgIpc) is 2.42. The molecule has 0 spiro atoms. The van der Waals surface area contributed by atoms with Crippen molar-refractivity contribution < 1.29 is 8.42 Å². The van der Waals surface area contributed by atoms with Crippen molar-refractivity contribution in [3.8, 4) is 0 Å². The fourth-order valence-corrected chi connectivity index (χ4v) is 3.64. The van der Waals surface area contributed by atoms with Crippen LogP contribution in [0, 0.1) is 0 Å². The van der Waals surface area contributed by atoms with E-state index in [4.69, 9.17) is 11.6 Å². The summed E-state index contributed by atoms with van der Waals surface area (Å²) in [6.45, 7) is 2.10. The molecule has 0 aliphatic rings. The van der Waals surface area contributed by atoms with Crippen LogP contribution in [0.1, 0.15) is 6.92 Å². The van der Waals surface area contributed by atoms with Gasteiger partial charge in [0.05, 0.1) is 15.6 Å². The number of anilines is 1. The summed E-state index contributed by atoms with van der Waals surface area (Å²) in [4.78, 5) is 0.261. The van der Waals surface area contributed by atoms with Crippen molar-refractivity contribution in [2.75, 3.05) is 10.8 Å². The van der Waals surface area contributed by atoms with Crippen LogP contribution >= 0.6 is 11.6 Å². The van der Waals surface area contributed by atoms with Gasteiger partial charge in [-0.1, -0.05) is 41.9 Å². The summed E-state index contributed by atoms with van der Waals surface area (Å²) in [7, 11) is -3.58. The largest absolute Gasteiger partial charge is 0.265 e. The van der Waals surface area contributed by atoms with Crippen LogP contribution in [-0.4, -0.2) is 15.0 Å².